The molecule has 0 spiro atoms. The lowest BCUT2D eigenvalue weighted by molar-refractivity contribution is 0.0689. The quantitative estimate of drug-likeness (QED) is 0.479. The Morgan fingerprint density at radius 2 is 1.77 bits per heavy atom. The first-order valence-corrected chi connectivity index (χ1v) is 10.4. The minimum Gasteiger partial charge on any atom is -0.338 e. The van der Waals surface area contributed by atoms with Gasteiger partial charge >= 0.3 is 0 Å². The Kier molecular flexibility index (Phi) is 5.21. The molecule has 0 aliphatic carbocycles. The third-order valence-corrected chi connectivity index (χ3v) is 5.75. The summed E-state index contributed by atoms with van der Waals surface area (Å²) in [6.07, 6.45) is 3.37. The molecule has 1 fully saturated rings. The van der Waals surface area contributed by atoms with E-state index >= 15 is 0 Å². The second kappa shape index (κ2) is 8.31. The summed E-state index contributed by atoms with van der Waals surface area (Å²) in [7, 11) is 0. The van der Waals surface area contributed by atoms with Crippen LogP contribution in [0.25, 0.3) is 23.0 Å². The Morgan fingerprint density at radius 3 is 2.55 bits per heavy atom. The van der Waals surface area contributed by atoms with Gasteiger partial charge in [0.15, 0.2) is 5.69 Å². The molecule has 1 amide bonds. The van der Waals surface area contributed by atoms with E-state index in [0.29, 0.717) is 41.1 Å². The third kappa shape index (κ3) is 3.94. The number of hydrogen-bond donors (Lipinski definition) is 0. The number of hydrogen-bond acceptors (Lipinski definition) is 6. The average Bonchev–Trinajstić information content (AvgIpc) is 3.50. The molecule has 2 aromatic heterocycles. The van der Waals surface area contributed by atoms with Crippen LogP contribution >= 0.6 is 11.6 Å². The van der Waals surface area contributed by atoms with E-state index in [-0.39, 0.29) is 11.9 Å². The van der Waals surface area contributed by atoms with E-state index < -0.39 is 0 Å². The van der Waals surface area contributed by atoms with Crippen molar-refractivity contribution in [2.45, 2.75) is 18.9 Å². The molecule has 5 rings (SSSR count). The minimum absolute atomic E-state index is 0.0392. The number of carbonyl (C=O) groups is 1. The highest BCUT2D eigenvalue weighted by Crippen LogP contribution is 2.26. The molecule has 31 heavy (non-hydrogen) atoms. The van der Waals surface area contributed by atoms with Crippen LogP contribution in [0.3, 0.4) is 0 Å². The van der Waals surface area contributed by atoms with Crippen LogP contribution in [0.1, 0.15) is 29.2 Å². The number of rotatable bonds is 4. The maximum atomic E-state index is 12.8. The fourth-order valence-electron chi connectivity index (χ4n) is 3.72. The summed E-state index contributed by atoms with van der Waals surface area (Å²) < 4.78 is 7.19. The maximum Gasteiger partial charge on any atom is 0.280 e. The molecule has 1 aliphatic rings. The lowest BCUT2D eigenvalue weighted by Crippen LogP contribution is -2.39. The number of piperidine rings is 1. The summed E-state index contributed by atoms with van der Waals surface area (Å²) in [5.41, 5.74) is 1.95. The number of likely N-dealkylation sites (tertiary alicyclic amines) is 1. The molecule has 9 heteroatoms. The number of halogens is 1. The molecule has 0 saturated carbocycles. The zero-order valence-corrected chi connectivity index (χ0v) is 17.3. The fourth-order valence-corrected chi connectivity index (χ4v) is 3.94. The molecule has 0 bridgehead atoms. The second-order valence-electron chi connectivity index (χ2n) is 7.38. The van der Waals surface area contributed by atoms with Crippen molar-refractivity contribution in [1.29, 1.82) is 0 Å². The number of nitrogens with zero attached hydrogens (tertiary/aromatic N) is 6. The highest BCUT2D eigenvalue weighted by atomic mass is 35.5. The third-order valence-electron chi connectivity index (χ3n) is 5.42. The van der Waals surface area contributed by atoms with Crippen LogP contribution in [0.15, 0.2) is 65.3 Å². The second-order valence-corrected chi connectivity index (χ2v) is 7.78. The lowest BCUT2D eigenvalue weighted by Gasteiger charge is -2.32. The van der Waals surface area contributed by atoms with Crippen LogP contribution in [0.2, 0.25) is 5.02 Å². The van der Waals surface area contributed by atoms with Crippen LogP contribution in [0.5, 0.6) is 0 Å². The van der Waals surface area contributed by atoms with Gasteiger partial charge in [0.2, 0.25) is 5.82 Å². The summed E-state index contributed by atoms with van der Waals surface area (Å²) in [5.74, 6) is 0.801. The van der Waals surface area contributed by atoms with Gasteiger partial charge in [0.05, 0.1) is 22.8 Å². The van der Waals surface area contributed by atoms with E-state index in [1.807, 2.05) is 58.2 Å². The summed E-state index contributed by atoms with van der Waals surface area (Å²) in [5, 5.41) is 13.0. The zero-order valence-electron chi connectivity index (χ0n) is 16.6. The first-order chi connectivity index (χ1) is 15.2. The number of benzene rings is 2. The highest BCUT2D eigenvalue weighted by Gasteiger charge is 2.27. The van der Waals surface area contributed by atoms with Gasteiger partial charge in [-0.1, -0.05) is 64.4 Å². The monoisotopic (exact) mass is 434 g/mol. The molecule has 3 heterocycles. The molecular formula is C22H19ClN6O2. The van der Waals surface area contributed by atoms with Crippen LogP contribution in [-0.4, -0.2) is 49.0 Å². The predicted molar refractivity (Wildman–Crippen MR) is 114 cm³/mol. The van der Waals surface area contributed by atoms with Gasteiger partial charge in [0.25, 0.3) is 11.8 Å². The smallest absolute Gasteiger partial charge is 0.280 e. The zero-order chi connectivity index (χ0) is 21.2. The van der Waals surface area contributed by atoms with Gasteiger partial charge in [-0.05, 0) is 25.0 Å². The molecule has 0 atom stereocenters. The molecule has 0 N–H and O–H groups in total. The van der Waals surface area contributed by atoms with Gasteiger partial charge in [-0.15, -0.1) is 5.10 Å². The summed E-state index contributed by atoms with van der Waals surface area (Å²) in [4.78, 5) is 19.0. The molecule has 1 saturated heterocycles. The van der Waals surface area contributed by atoms with Gasteiger partial charge in [-0.25, -0.2) is 4.68 Å². The van der Waals surface area contributed by atoms with Crippen molar-refractivity contribution in [1.82, 2.24) is 30.0 Å². The SMILES string of the molecule is O=C(c1ccccc1Cl)N1CCC(n2cc(-c3nc(-c4ccccc4)no3)nn2)CC1. The van der Waals surface area contributed by atoms with E-state index in [0.717, 1.165) is 18.4 Å². The molecule has 1 aliphatic heterocycles. The van der Waals surface area contributed by atoms with Crippen LogP contribution in [0, 0.1) is 0 Å². The van der Waals surface area contributed by atoms with Crippen LogP contribution < -0.4 is 0 Å². The topological polar surface area (TPSA) is 89.9 Å². The lowest BCUT2D eigenvalue weighted by atomic mass is 10.0. The Labute approximate surface area is 183 Å². The van der Waals surface area contributed by atoms with E-state index in [2.05, 4.69) is 20.5 Å². The normalized spacial score (nSPS) is 14.7. The first-order valence-electron chi connectivity index (χ1n) is 10.0. The molecule has 4 aromatic rings. The van der Waals surface area contributed by atoms with E-state index in [1.54, 1.807) is 12.1 Å². The Hall–Kier alpha value is -3.52. The number of carbonyl (C=O) groups excluding carboxylic acids is 1. The molecule has 0 radical (unpaired) electrons. The van der Waals surface area contributed by atoms with Crippen molar-refractivity contribution in [2.24, 2.45) is 0 Å². The highest BCUT2D eigenvalue weighted by molar-refractivity contribution is 6.33. The molecular weight excluding hydrogens is 416 g/mol. The molecule has 8 nitrogen and oxygen atoms in total. The van der Waals surface area contributed by atoms with Gasteiger partial charge in [-0.2, -0.15) is 4.98 Å². The van der Waals surface area contributed by atoms with E-state index in [4.69, 9.17) is 16.1 Å². The van der Waals surface area contributed by atoms with Crippen LogP contribution in [-0.2, 0) is 0 Å². The average molecular weight is 435 g/mol. The van der Waals surface area contributed by atoms with Crippen molar-refractivity contribution in [3.8, 4) is 23.0 Å². The Bertz CT molecular complexity index is 1200. The molecule has 2 aromatic carbocycles. The fraction of sp³-hybridized carbons (Fsp3) is 0.227. The number of amides is 1. The summed E-state index contributed by atoms with van der Waals surface area (Å²) in [6, 6.07) is 16.9. The van der Waals surface area contributed by atoms with Gasteiger partial charge < -0.3 is 9.42 Å². The number of aromatic nitrogens is 5. The van der Waals surface area contributed by atoms with Crippen molar-refractivity contribution < 1.29 is 9.32 Å². The van der Waals surface area contributed by atoms with Gasteiger partial charge in [0, 0.05) is 18.7 Å². The maximum absolute atomic E-state index is 12.8. The standard InChI is InChI=1S/C22H19ClN6O2/c23-18-9-5-4-8-17(18)22(30)28-12-10-16(11-13-28)29-14-19(25-27-29)21-24-20(26-31-21)15-6-2-1-3-7-15/h1-9,14,16H,10-13H2. The Balaban J connectivity index is 1.25. The minimum atomic E-state index is -0.0392. The predicted octanol–water partition coefficient (Wildman–Crippen LogP) is 4.13. The van der Waals surface area contributed by atoms with Crippen molar-refractivity contribution in [3.63, 3.8) is 0 Å². The van der Waals surface area contributed by atoms with Crippen molar-refractivity contribution in [2.75, 3.05) is 13.1 Å². The van der Waals surface area contributed by atoms with Crippen molar-refractivity contribution >= 4 is 17.5 Å². The summed E-state index contributed by atoms with van der Waals surface area (Å²) >= 11 is 6.17. The molecule has 0 unspecified atom stereocenters. The first kappa shape index (κ1) is 19.4. The van der Waals surface area contributed by atoms with Crippen LogP contribution in [0.4, 0.5) is 0 Å². The summed E-state index contributed by atoms with van der Waals surface area (Å²) in [6.45, 7) is 1.26. The van der Waals surface area contributed by atoms with E-state index in [9.17, 15) is 4.79 Å². The van der Waals surface area contributed by atoms with Crippen molar-refractivity contribution in [3.05, 3.63) is 71.4 Å². The van der Waals surface area contributed by atoms with Gasteiger partial charge in [-0.3, -0.25) is 4.79 Å². The Morgan fingerprint density at radius 1 is 1.03 bits per heavy atom. The van der Waals surface area contributed by atoms with Gasteiger partial charge in [0.1, 0.15) is 0 Å². The van der Waals surface area contributed by atoms with E-state index in [1.165, 1.54) is 0 Å². The molecule has 156 valence electrons. The largest absolute Gasteiger partial charge is 0.338 e.